The molecule has 0 radical (unpaired) electrons. The van der Waals surface area contributed by atoms with Gasteiger partial charge in [-0.2, -0.15) is 0 Å². The van der Waals surface area contributed by atoms with E-state index in [1.54, 1.807) is 6.20 Å². The standard InChI is InChI=1S/C13H17N3O2/c1-9-6-11-10(12(17)7-9)8-14-13(15-11)16-2-4-18-5-3-16/h8-9H,2-7H2,1H3/t9-/m1/s1. The lowest BCUT2D eigenvalue weighted by molar-refractivity contribution is 0.0951. The molecule has 1 aromatic rings. The number of ketones is 1. The number of fused-ring (bicyclic) bond motifs is 1. The first-order chi connectivity index (χ1) is 8.74. The summed E-state index contributed by atoms with van der Waals surface area (Å²) >= 11 is 0. The first kappa shape index (κ1) is 11.6. The molecule has 0 spiro atoms. The summed E-state index contributed by atoms with van der Waals surface area (Å²) in [5, 5.41) is 0. The third kappa shape index (κ3) is 2.10. The molecule has 2 aliphatic rings. The lowest BCUT2D eigenvalue weighted by Crippen LogP contribution is -2.37. The number of hydrogen-bond donors (Lipinski definition) is 0. The third-order valence-corrected chi connectivity index (χ3v) is 3.52. The molecule has 1 aliphatic carbocycles. The zero-order valence-corrected chi connectivity index (χ0v) is 10.6. The Labute approximate surface area is 106 Å². The predicted octanol–water partition coefficient (Wildman–Crippen LogP) is 1.08. The van der Waals surface area contributed by atoms with Crippen molar-refractivity contribution in [2.24, 2.45) is 5.92 Å². The van der Waals surface area contributed by atoms with Crippen LogP contribution in [0.5, 0.6) is 0 Å². The summed E-state index contributed by atoms with van der Waals surface area (Å²) in [7, 11) is 0. The van der Waals surface area contributed by atoms with Crippen LogP contribution in [0.1, 0.15) is 29.4 Å². The first-order valence-corrected chi connectivity index (χ1v) is 6.46. The van der Waals surface area contributed by atoms with Gasteiger partial charge in [-0.15, -0.1) is 0 Å². The zero-order chi connectivity index (χ0) is 12.5. The Morgan fingerprint density at radius 2 is 2.11 bits per heavy atom. The molecule has 0 saturated carbocycles. The van der Waals surface area contributed by atoms with Gasteiger partial charge in [0, 0.05) is 25.7 Å². The fraction of sp³-hybridized carbons (Fsp3) is 0.615. The van der Waals surface area contributed by atoms with Crippen molar-refractivity contribution in [3.05, 3.63) is 17.5 Å². The summed E-state index contributed by atoms with van der Waals surface area (Å²) in [4.78, 5) is 22.9. The molecule has 1 atom stereocenters. The molecule has 5 heteroatoms. The molecule has 3 rings (SSSR count). The van der Waals surface area contributed by atoms with Crippen LogP contribution in [0.15, 0.2) is 6.20 Å². The van der Waals surface area contributed by atoms with Crippen LogP contribution < -0.4 is 4.90 Å². The normalized spacial score (nSPS) is 23.9. The minimum absolute atomic E-state index is 0.178. The molecular weight excluding hydrogens is 230 g/mol. The van der Waals surface area contributed by atoms with E-state index in [1.807, 2.05) is 0 Å². The number of hydrogen-bond acceptors (Lipinski definition) is 5. The Morgan fingerprint density at radius 3 is 2.89 bits per heavy atom. The molecule has 0 unspecified atom stereocenters. The highest BCUT2D eigenvalue weighted by Gasteiger charge is 2.25. The molecule has 18 heavy (non-hydrogen) atoms. The largest absolute Gasteiger partial charge is 0.378 e. The van der Waals surface area contributed by atoms with Crippen LogP contribution in [0, 0.1) is 5.92 Å². The average molecular weight is 247 g/mol. The number of rotatable bonds is 1. The quantitative estimate of drug-likeness (QED) is 0.743. The highest BCUT2D eigenvalue weighted by Crippen LogP contribution is 2.24. The Balaban J connectivity index is 1.90. The van der Waals surface area contributed by atoms with Crippen LogP contribution in [0.4, 0.5) is 5.95 Å². The van der Waals surface area contributed by atoms with Gasteiger partial charge >= 0.3 is 0 Å². The summed E-state index contributed by atoms with van der Waals surface area (Å²) in [6, 6.07) is 0. The van der Waals surface area contributed by atoms with Crippen LogP contribution in [-0.4, -0.2) is 42.1 Å². The Hall–Kier alpha value is -1.49. The maximum Gasteiger partial charge on any atom is 0.225 e. The van der Waals surface area contributed by atoms with Gasteiger partial charge in [-0.05, 0) is 12.3 Å². The number of nitrogens with zero attached hydrogens (tertiary/aromatic N) is 3. The topological polar surface area (TPSA) is 55.3 Å². The molecule has 0 aromatic carbocycles. The molecule has 2 heterocycles. The highest BCUT2D eigenvalue weighted by molar-refractivity contribution is 5.98. The summed E-state index contributed by atoms with van der Waals surface area (Å²) < 4.78 is 5.32. The van der Waals surface area contributed by atoms with Gasteiger partial charge in [0.2, 0.25) is 5.95 Å². The van der Waals surface area contributed by atoms with Gasteiger partial charge in [0.1, 0.15) is 0 Å². The lowest BCUT2D eigenvalue weighted by atomic mass is 9.88. The van der Waals surface area contributed by atoms with E-state index in [9.17, 15) is 4.79 Å². The highest BCUT2D eigenvalue weighted by atomic mass is 16.5. The monoisotopic (exact) mass is 247 g/mol. The predicted molar refractivity (Wildman–Crippen MR) is 66.9 cm³/mol. The van der Waals surface area contributed by atoms with Crippen LogP contribution in [0.3, 0.4) is 0 Å². The maximum absolute atomic E-state index is 11.9. The minimum atomic E-state index is 0.178. The van der Waals surface area contributed by atoms with E-state index in [-0.39, 0.29) is 5.78 Å². The van der Waals surface area contributed by atoms with E-state index in [1.165, 1.54) is 0 Å². The van der Waals surface area contributed by atoms with Crippen LogP contribution in [-0.2, 0) is 11.2 Å². The number of carbonyl (C=O) groups excluding carboxylic acids is 1. The lowest BCUT2D eigenvalue weighted by Gasteiger charge is -2.28. The van der Waals surface area contributed by atoms with Crippen molar-refractivity contribution in [2.75, 3.05) is 31.2 Å². The van der Waals surface area contributed by atoms with E-state index in [4.69, 9.17) is 4.74 Å². The number of ether oxygens (including phenoxy) is 1. The first-order valence-electron chi connectivity index (χ1n) is 6.46. The molecule has 0 bridgehead atoms. The molecule has 5 nitrogen and oxygen atoms in total. The molecular formula is C13H17N3O2. The van der Waals surface area contributed by atoms with E-state index >= 15 is 0 Å². The van der Waals surface area contributed by atoms with Crippen molar-refractivity contribution >= 4 is 11.7 Å². The SMILES string of the molecule is C[C@H]1CC(=O)c2cnc(N3CCOCC3)nc2C1. The van der Waals surface area contributed by atoms with Crippen LogP contribution in [0.2, 0.25) is 0 Å². The Morgan fingerprint density at radius 1 is 1.33 bits per heavy atom. The van der Waals surface area contributed by atoms with Gasteiger partial charge in [0.25, 0.3) is 0 Å². The van der Waals surface area contributed by atoms with Gasteiger partial charge in [-0.1, -0.05) is 6.92 Å². The summed E-state index contributed by atoms with van der Waals surface area (Å²) in [6.45, 7) is 5.17. The van der Waals surface area contributed by atoms with Gasteiger partial charge < -0.3 is 9.64 Å². The van der Waals surface area contributed by atoms with E-state index in [0.29, 0.717) is 17.9 Å². The Kier molecular flexibility index (Phi) is 2.99. The average Bonchev–Trinajstić information content (AvgIpc) is 2.39. The molecule has 0 amide bonds. The smallest absolute Gasteiger partial charge is 0.225 e. The second-order valence-electron chi connectivity index (χ2n) is 5.07. The molecule has 1 aromatic heterocycles. The third-order valence-electron chi connectivity index (χ3n) is 3.52. The number of morpholine rings is 1. The van der Waals surface area contributed by atoms with Crippen LogP contribution in [0.25, 0.3) is 0 Å². The Bertz CT molecular complexity index is 469. The van der Waals surface area contributed by atoms with Gasteiger partial charge in [0.15, 0.2) is 5.78 Å². The van der Waals surface area contributed by atoms with E-state index in [2.05, 4.69) is 21.8 Å². The molecule has 1 saturated heterocycles. The number of anilines is 1. The van der Waals surface area contributed by atoms with Gasteiger partial charge in [-0.25, -0.2) is 9.97 Å². The van der Waals surface area contributed by atoms with E-state index in [0.717, 1.165) is 44.4 Å². The summed E-state index contributed by atoms with van der Waals surface area (Å²) in [6.07, 6.45) is 3.19. The summed E-state index contributed by atoms with van der Waals surface area (Å²) in [5.74, 6) is 1.30. The molecule has 1 fully saturated rings. The number of carbonyl (C=O) groups is 1. The van der Waals surface area contributed by atoms with Crippen molar-refractivity contribution in [3.63, 3.8) is 0 Å². The second-order valence-corrected chi connectivity index (χ2v) is 5.07. The molecule has 96 valence electrons. The molecule has 0 N–H and O–H groups in total. The minimum Gasteiger partial charge on any atom is -0.378 e. The maximum atomic E-state index is 11.9. The zero-order valence-electron chi connectivity index (χ0n) is 10.6. The van der Waals surface area contributed by atoms with Crippen molar-refractivity contribution < 1.29 is 9.53 Å². The van der Waals surface area contributed by atoms with E-state index < -0.39 is 0 Å². The summed E-state index contributed by atoms with van der Waals surface area (Å²) in [5.41, 5.74) is 1.63. The van der Waals surface area contributed by atoms with Gasteiger partial charge in [0.05, 0.1) is 24.5 Å². The van der Waals surface area contributed by atoms with Crippen molar-refractivity contribution in [1.29, 1.82) is 0 Å². The fourth-order valence-electron chi connectivity index (χ4n) is 2.54. The van der Waals surface area contributed by atoms with Gasteiger partial charge in [-0.3, -0.25) is 4.79 Å². The fourth-order valence-corrected chi connectivity index (χ4v) is 2.54. The number of Topliss-reactive ketones (excluding diaryl/α,β-unsaturated/α-hetero) is 1. The van der Waals surface area contributed by atoms with Crippen molar-refractivity contribution in [1.82, 2.24) is 9.97 Å². The van der Waals surface area contributed by atoms with Crippen LogP contribution >= 0.6 is 0 Å². The van der Waals surface area contributed by atoms with Crippen molar-refractivity contribution in [3.8, 4) is 0 Å². The van der Waals surface area contributed by atoms with Crippen molar-refractivity contribution in [2.45, 2.75) is 19.8 Å². The number of aromatic nitrogens is 2. The second kappa shape index (κ2) is 4.65. The molecule has 1 aliphatic heterocycles.